The van der Waals surface area contributed by atoms with Crippen molar-refractivity contribution in [2.75, 3.05) is 5.43 Å². The molecule has 0 fully saturated rings. The van der Waals surface area contributed by atoms with Gasteiger partial charge in [0.15, 0.2) is 0 Å². The summed E-state index contributed by atoms with van der Waals surface area (Å²) in [5.41, 5.74) is 4.69. The van der Waals surface area contributed by atoms with Gasteiger partial charge < -0.3 is 4.42 Å². The zero-order valence-electron chi connectivity index (χ0n) is 11.4. The molecular weight excluding hydrogens is 250 g/mol. The molecule has 100 valence electrons. The molecule has 1 aromatic carbocycles. The van der Waals surface area contributed by atoms with E-state index in [0.717, 1.165) is 28.1 Å². The molecule has 2 heterocycles. The fourth-order valence-corrected chi connectivity index (χ4v) is 1.95. The second kappa shape index (κ2) is 5.17. The first-order valence-electron chi connectivity index (χ1n) is 6.45. The summed E-state index contributed by atoms with van der Waals surface area (Å²) < 4.78 is 5.51. The number of hydrazone groups is 1. The molecule has 3 rings (SSSR count). The molecule has 0 bridgehead atoms. The molecule has 20 heavy (non-hydrogen) atoms. The number of benzene rings is 1. The van der Waals surface area contributed by atoms with Crippen molar-refractivity contribution in [2.45, 2.75) is 13.8 Å². The van der Waals surface area contributed by atoms with Crippen LogP contribution in [-0.4, -0.2) is 10.7 Å². The van der Waals surface area contributed by atoms with Crippen LogP contribution >= 0.6 is 0 Å². The molecule has 4 heteroatoms. The highest BCUT2D eigenvalue weighted by Crippen LogP contribution is 2.15. The van der Waals surface area contributed by atoms with E-state index in [1.54, 1.807) is 0 Å². The van der Waals surface area contributed by atoms with Crippen molar-refractivity contribution in [3.05, 3.63) is 60.1 Å². The van der Waals surface area contributed by atoms with E-state index >= 15 is 0 Å². The Bertz CT molecular complexity index is 774. The SMILES string of the molecule is C/C(=N/Nc1ccc2ccccc2n1)c1ccc(C)o1. The highest BCUT2D eigenvalue weighted by atomic mass is 16.3. The summed E-state index contributed by atoms with van der Waals surface area (Å²) in [5.74, 6) is 2.35. The number of hydrogen-bond acceptors (Lipinski definition) is 4. The van der Waals surface area contributed by atoms with Gasteiger partial charge in [-0.25, -0.2) is 4.98 Å². The third-order valence-electron chi connectivity index (χ3n) is 3.03. The normalized spacial score (nSPS) is 11.8. The minimum absolute atomic E-state index is 0.714. The smallest absolute Gasteiger partial charge is 0.149 e. The molecule has 0 saturated heterocycles. The zero-order chi connectivity index (χ0) is 13.9. The standard InChI is InChI=1S/C16H15N3O/c1-11-7-9-15(20-11)12(2)18-19-16-10-8-13-5-3-4-6-14(13)17-16/h3-10H,1-2H3,(H,17,19)/b18-12-. The fourth-order valence-electron chi connectivity index (χ4n) is 1.95. The lowest BCUT2D eigenvalue weighted by Crippen LogP contribution is -1.99. The van der Waals surface area contributed by atoms with Crippen molar-refractivity contribution in [1.29, 1.82) is 0 Å². The Balaban J connectivity index is 1.82. The predicted octanol–water partition coefficient (Wildman–Crippen LogP) is 3.97. The van der Waals surface area contributed by atoms with Crippen molar-refractivity contribution in [1.82, 2.24) is 4.98 Å². The van der Waals surface area contributed by atoms with Gasteiger partial charge in [-0.15, -0.1) is 0 Å². The molecule has 4 nitrogen and oxygen atoms in total. The lowest BCUT2D eigenvalue weighted by Gasteiger charge is -2.03. The Labute approximate surface area is 117 Å². The summed E-state index contributed by atoms with van der Waals surface area (Å²) in [7, 11) is 0. The van der Waals surface area contributed by atoms with Crippen LogP contribution in [-0.2, 0) is 0 Å². The van der Waals surface area contributed by atoms with Crippen LogP contribution in [0.2, 0.25) is 0 Å². The molecule has 0 aliphatic heterocycles. The quantitative estimate of drug-likeness (QED) is 0.575. The van der Waals surface area contributed by atoms with Gasteiger partial charge in [0.1, 0.15) is 23.1 Å². The summed E-state index contributed by atoms with van der Waals surface area (Å²) in [6, 6.07) is 15.7. The highest BCUT2D eigenvalue weighted by molar-refractivity contribution is 5.96. The number of fused-ring (bicyclic) bond motifs is 1. The van der Waals surface area contributed by atoms with Crippen LogP contribution in [0.5, 0.6) is 0 Å². The Kier molecular flexibility index (Phi) is 3.21. The van der Waals surface area contributed by atoms with Gasteiger partial charge in [0, 0.05) is 5.39 Å². The lowest BCUT2D eigenvalue weighted by atomic mass is 10.2. The highest BCUT2D eigenvalue weighted by Gasteiger charge is 2.02. The molecule has 0 unspecified atom stereocenters. The second-order valence-electron chi connectivity index (χ2n) is 4.61. The Morgan fingerprint density at radius 2 is 1.95 bits per heavy atom. The van der Waals surface area contributed by atoms with Crippen LogP contribution in [0, 0.1) is 6.92 Å². The summed E-state index contributed by atoms with van der Waals surface area (Å²) in [4.78, 5) is 4.50. The zero-order valence-corrected chi connectivity index (χ0v) is 11.4. The lowest BCUT2D eigenvalue weighted by molar-refractivity contribution is 0.525. The van der Waals surface area contributed by atoms with E-state index in [1.165, 1.54) is 0 Å². The van der Waals surface area contributed by atoms with Gasteiger partial charge in [0.2, 0.25) is 0 Å². The second-order valence-corrected chi connectivity index (χ2v) is 4.61. The summed E-state index contributed by atoms with van der Waals surface area (Å²) in [6.45, 7) is 3.81. The summed E-state index contributed by atoms with van der Waals surface area (Å²) in [5, 5.41) is 5.41. The van der Waals surface area contributed by atoms with Gasteiger partial charge in [0.05, 0.1) is 5.52 Å². The minimum Gasteiger partial charge on any atom is -0.460 e. The number of para-hydroxylation sites is 1. The molecule has 0 saturated carbocycles. The van der Waals surface area contributed by atoms with Gasteiger partial charge in [0.25, 0.3) is 0 Å². The first kappa shape index (κ1) is 12.4. The third-order valence-corrected chi connectivity index (χ3v) is 3.03. The van der Waals surface area contributed by atoms with Gasteiger partial charge in [-0.3, -0.25) is 5.43 Å². The van der Waals surface area contributed by atoms with Crippen molar-refractivity contribution >= 4 is 22.4 Å². The first-order valence-corrected chi connectivity index (χ1v) is 6.45. The number of furan rings is 1. The molecule has 0 radical (unpaired) electrons. The number of pyridine rings is 1. The molecule has 3 aromatic rings. The van der Waals surface area contributed by atoms with Crippen molar-refractivity contribution in [3.8, 4) is 0 Å². The molecule has 0 aliphatic carbocycles. The first-order chi connectivity index (χ1) is 9.72. The van der Waals surface area contributed by atoms with E-state index in [1.807, 2.05) is 62.4 Å². The maximum Gasteiger partial charge on any atom is 0.149 e. The van der Waals surface area contributed by atoms with E-state index in [-0.39, 0.29) is 0 Å². The topological polar surface area (TPSA) is 50.4 Å². The van der Waals surface area contributed by atoms with Crippen LogP contribution in [0.25, 0.3) is 10.9 Å². The number of aryl methyl sites for hydroxylation is 1. The van der Waals surface area contributed by atoms with E-state index in [2.05, 4.69) is 15.5 Å². The molecule has 0 spiro atoms. The van der Waals surface area contributed by atoms with Gasteiger partial charge >= 0.3 is 0 Å². The van der Waals surface area contributed by atoms with Crippen LogP contribution in [0.1, 0.15) is 18.4 Å². The van der Waals surface area contributed by atoms with Crippen LogP contribution < -0.4 is 5.43 Å². The summed E-state index contributed by atoms with van der Waals surface area (Å²) in [6.07, 6.45) is 0. The number of nitrogens with zero attached hydrogens (tertiary/aromatic N) is 2. The van der Waals surface area contributed by atoms with Crippen molar-refractivity contribution in [3.63, 3.8) is 0 Å². The number of nitrogens with one attached hydrogen (secondary N) is 1. The monoisotopic (exact) mass is 265 g/mol. The number of hydrogen-bond donors (Lipinski definition) is 1. The average molecular weight is 265 g/mol. The van der Waals surface area contributed by atoms with Gasteiger partial charge in [-0.2, -0.15) is 5.10 Å². The van der Waals surface area contributed by atoms with E-state index in [4.69, 9.17) is 4.42 Å². The number of rotatable bonds is 3. The van der Waals surface area contributed by atoms with Crippen molar-refractivity contribution < 1.29 is 4.42 Å². The third kappa shape index (κ3) is 2.54. The predicted molar refractivity (Wildman–Crippen MR) is 81.0 cm³/mol. The van der Waals surface area contributed by atoms with Crippen molar-refractivity contribution in [2.24, 2.45) is 5.10 Å². The largest absolute Gasteiger partial charge is 0.460 e. The molecule has 2 aromatic heterocycles. The van der Waals surface area contributed by atoms with Gasteiger partial charge in [-0.1, -0.05) is 18.2 Å². The Morgan fingerprint density at radius 3 is 2.75 bits per heavy atom. The van der Waals surface area contributed by atoms with Gasteiger partial charge in [-0.05, 0) is 44.2 Å². The molecule has 1 N–H and O–H groups in total. The molecule has 0 aliphatic rings. The fraction of sp³-hybridized carbons (Fsp3) is 0.125. The summed E-state index contributed by atoms with van der Waals surface area (Å²) >= 11 is 0. The van der Waals surface area contributed by atoms with Crippen LogP contribution in [0.3, 0.4) is 0 Å². The van der Waals surface area contributed by atoms with E-state index in [0.29, 0.717) is 5.82 Å². The molecular formula is C16H15N3O. The number of anilines is 1. The average Bonchev–Trinajstić information content (AvgIpc) is 2.91. The van der Waals surface area contributed by atoms with Crippen LogP contribution in [0.15, 0.2) is 58.0 Å². The van der Waals surface area contributed by atoms with E-state index < -0.39 is 0 Å². The molecule has 0 atom stereocenters. The maximum absolute atomic E-state index is 5.51. The minimum atomic E-state index is 0.714. The van der Waals surface area contributed by atoms with E-state index in [9.17, 15) is 0 Å². The Morgan fingerprint density at radius 1 is 1.10 bits per heavy atom. The Hall–Kier alpha value is -2.62. The molecule has 0 amide bonds. The maximum atomic E-state index is 5.51. The number of aromatic nitrogens is 1. The van der Waals surface area contributed by atoms with Crippen LogP contribution in [0.4, 0.5) is 5.82 Å².